The van der Waals surface area contributed by atoms with Crippen LogP contribution in [0.2, 0.25) is 0 Å². The van der Waals surface area contributed by atoms with Gasteiger partial charge in [-0.15, -0.1) is 0 Å². The first kappa shape index (κ1) is 11.9. The zero-order valence-corrected chi connectivity index (χ0v) is 10.4. The van der Waals surface area contributed by atoms with Crippen LogP contribution in [0.15, 0.2) is 24.7 Å². The lowest BCUT2D eigenvalue weighted by molar-refractivity contribution is -0.141. The number of aromatic nitrogens is 3. The molecule has 1 N–H and O–H groups in total. The van der Waals surface area contributed by atoms with Crippen molar-refractivity contribution in [2.24, 2.45) is 5.92 Å². The minimum absolute atomic E-state index is 0.217. The lowest BCUT2D eigenvalue weighted by atomic mass is 10.0. The normalized spacial score (nSPS) is 22.8. The van der Waals surface area contributed by atoms with Gasteiger partial charge < -0.3 is 14.7 Å². The number of likely N-dealkylation sites (N-methyl/N-ethyl adjacent to an activating group) is 1. The van der Waals surface area contributed by atoms with Crippen LogP contribution in [0.25, 0.3) is 5.52 Å². The molecule has 0 aliphatic carbocycles. The molecule has 3 heterocycles. The van der Waals surface area contributed by atoms with E-state index in [0.29, 0.717) is 12.4 Å². The van der Waals surface area contributed by atoms with Gasteiger partial charge in [-0.25, -0.2) is 9.50 Å². The van der Waals surface area contributed by atoms with Crippen molar-refractivity contribution in [3.8, 4) is 0 Å². The average molecular weight is 262 g/mol. The molecule has 1 aliphatic heterocycles. The zero-order valence-electron chi connectivity index (χ0n) is 10.4. The number of anilines is 1. The summed E-state index contributed by atoms with van der Waals surface area (Å²) in [7, 11) is 1.84. The van der Waals surface area contributed by atoms with Crippen LogP contribution in [0.1, 0.15) is 0 Å². The highest BCUT2D eigenvalue weighted by molar-refractivity contribution is 5.74. The smallest absolute Gasteiger partial charge is 0.311 e. The first-order valence-corrected chi connectivity index (χ1v) is 6.00. The average Bonchev–Trinajstić information content (AvgIpc) is 3.05. The molecule has 0 saturated carbocycles. The van der Waals surface area contributed by atoms with Gasteiger partial charge in [-0.3, -0.25) is 4.79 Å². The van der Waals surface area contributed by atoms with Gasteiger partial charge in [0, 0.05) is 19.4 Å². The standard InChI is InChI=1S/C12H14N4O3/c1-15(10-7-19-6-8(10)12(17)18)11-9-2-3-14-16(9)5-4-13-11/h2-5,8,10H,6-7H2,1H3,(H,17,18). The quantitative estimate of drug-likeness (QED) is 0.855. The molecule has 2 unspecified atom stereocenters. The molecule has 2 aromatic rings. The highest BCUT2D eigenvalue weighted by Gasteiger charge is 2.37. The first-order valence-electron chi connectivity index (χ1n) is 6.00. The van der Waals surface area contributed by atoms with Gasteiger partial charge in [-0.2, -0.15) is 5.10 Å². The van der Waals surface area contributed by atoms with E-state index in [1.165, 1.54) is 0 Å². The van der Waals surface area contributed by atoms with Gasteiger partial charge in [0.05, 0.1) is 25.5 Å². The summed E-state index contributed by atoms with van der Waals surface area (Å²) in [5.74, 6) is -0.661. The molecular formula is C12H14N4O3. The maximum atomic E-state index is 11.2. The molecule has 2 aromatic heterocycles. The summed E-state index contributed by atoms with van der Waals surface area (Å²) < 4.78 is 7.01. The molecule has 0 aromatic carbocycles. The summed E-state index contributed by atoms with van der Waals surface area (Å²) in [6.45, 7) is 0.636. The Morgan fingerprint density at radius 1 is 1.53 bits per heavy atom. The Labute approximate surface area is 109 Å². The number of hydrogen-bond donors (Lipinski definition) is 1. The lowest BCUT2D eigenvalue weighted by Crippen LogP contribution is -2.41. The van der Waals surface area contributed by atoms with Crippen LogP contribution in [-0.4, -0.2) is 52.0 Å². The van der Waals surface area contributed by atoms with Crippen molar-refractivity contribution in [3.05, 3.63) is 24.7 Å². The fraction of sp³-hybridized carbons (Fsp3) is 0.417. The molecular weight excluding hydrogens is 248 g/mol. The van der Waals surface area contributed by atoms with Gasteiger partial charge in [0.2, 0.25) is 0 Å². The Morgan fingerprint density at radius 3 is 3.16 bits per heavy atom. The van der Waals surface area contributed by atoms with E-state index in [1.807, 2.05) is 18.0 Å². The van der Waals surface area contributed by atoms with Crippen LogP contribution >= 0.6 is 0 Å². The van der Waals surface area contributed by atoms with Crippen LogP contribution in [0.4, 0.5) is 5.82 Å². The molecule has 1 saturated heterocycles. The second-order valence-corrected chi connectivity index (χ2v) is 4.57. The second kappa shape index (κ2) is 4.51. The summed E-state index contributed by atoms with van der Waals surface area (Å²) in [6, 6.07) is 1.64. The van der Waals surface area contributed by atoms with E-state index in [1.54, 1.807) is 23.1 Å². The third kappa shape index (κ3) is 1.91. The van der Waals surface area contributed by atoms with Gasteiger partial charge in [-0.1, -0.05) is 0 Å². The number of rotatable bonds is 3. The minimum Gasteiger partial charge on any atom is -0.481 e. The maximum absolute atomic E-state index is 11.2. The monoisotopic (exact) mass is 262 g/mol. The number of ether oxygens (including phenoxy) is 1. The van der Waals surface area contributed by atoms with E-state index >= 15 is 0 Å². The molecule has 0 amide bonds. The van der Waals surface area contributed by atoms with Gasteiger partial charge in [0.25, 0.3) is 0 Å². The van der Waals surface area contributed by atoms with E-state index in [2.05, 4.69) is 10.1 Å². The van der Waals surface area contributed by atoms with Crippen molar-refractivity contribution in [2.75, 3.05) is 25.2 Å². The number of nitrogens with zero attached hydrogens (tertiary/aromatic N) is 4. The second-order valence-electron chi connectivity index (χ2n) is 4.57. The van der Waals surface area contributed by atoms with Crippen LogP contribution in [-0.2, 0) is 9.53 Å². The van der Waals surface area contributed by atoms with E-state index < -0.39 is 11.9 Å². The van der Waals surface area contributed by atoms with Crippen LogP contribution in [0, 0.1) is 5.92 Å². The van der Waals surface area contributed by atoms with Crippen molar-refractivity contribution >= 4 is 17.3 Å². The number of hydrogen-bond acceptors (Lipinski definition) is 5. The summed E-state index contributed by atoms with van der Waals surface area (Å²) in [4.78, 5) is 17.4. The van der Waals surface area contributed by atoms with Gasteiger partial charge >= 0.3 is 5.97 Å². The molecule has 0 spiro atoms. The van der Waals surface area contributed by atoms with Gasteiger partial charge in [0.15, 0.2) is 5.82 Å². The molecule has 7 heteroatoms. The van der Waals surface area contributed by atoms with Crippen molar-refractivity contribution in [1.82, 2.24) is 14.6 Å². The Bertz CT molecular complexity index is 612. The van der Waals surface area contributed by atoms with Crippen molar-refractivity contribution in [1.29, 1.82) is 0 Å². The van der Waals surface area contributed by atoms with Gasteiger partial charge in [-0.05, 0) is 6.07 Å². The van der Waals surface area contributed by atoms with Gasteiger partial charge in [0.1, 0.15) is 11.4 Å². The van der Waals surface area contributed by atoms with Crippen molar-refractivity contribution in [3.63, 3.8) is 0 Å². The molecule has 100 valence electrons. The lowest BCUT2D eigenvalue weighted by Gasteiger charge is -2.27. The molecule has 0 bridgehead atoms. The predicted molar refractivity (Wildman–Crippen MR) is 67.1 cm³/mol. The molecule has 1 fully saturated rings. The zero-order chi connectivity index (χ0) is 13.4. The summed E-state index contributed by atoms with van der Waals surface area (Å²) >= 11 is 0. The molecule has 7 nitrogen and oxygen atoms in total. The van der Waals surface area contributed by atoms with E-state index in [0.717, 1.165) is 5.52 Å². The molecule has 2 atom stereocenters. The Balaban J connectivity index is 1.97. The van der Waals surface area contributed by atoms with Crippen LogP contribution < -0.4 is 4.90 Å². The molecule has 3 rings (SSSR count). The Hall–Kier alpha value is -2.15. The highest BCUT2D eigenvalue weighted by atomic mass is 16.5. The third-order valence-corrected chi connectivity index (χ3v) is 3.50. The number of carboxylic acids is 1. The third-order valence-electron chi connectivity index (χ3n) is 3.50. The fourth-order valence-electron chi connectivity index (χ4n) is 2.43. The molecule has 19 heavy (non-hydrogen) atoms. The topological polar surface area (TPSA) is 80.0 Å². The Kier molecular flexibility index (Phi) is 2.83. The van der Waals surface area contributed by atoms with Crippen molar-refractivity contribution in [2.45, 2.75) is 6.04 Å². The molecule has 0 radical (unpaired) electrons. The van der Waals surface area contributed by atoms with Crippen LogP contribution in [0.5, 0.6) is 0 Å². The maximum Gasteiger partial charge on any atom is 0.311 e. The predicted octanol–water partition coefficient (Wildman–Crippen LogP) is 0.265. The SMILES string of the molecule is CN(c1nccn2nccc12)C1COCC1C(=O)O. The summed E-state index contributed by atoms with van der Waals surface area (Å²) in [5, 5.41) is 13.4. The number of aliphatic carboxylic acids is 1. The summed E-state index contributed by atoms with van der Waals surface area (Å²) in [5.41, 5.74) is 0.848. The number of carbonyl (C=O) groups is 1. The Morgan fingerprint density at radius 2 is 2.37 bits per heavy atom. The number of fused-ring (bicyclic) bond motifs is 1. The van der Waals surface area contributed by atoms with E-state index in [4.69, 9.17) is 4.74 Å². The number of carboxylic acid groups (broad SMARTS) is 1. The van der Waals surface area contributed by atoms with Crippen LogP contribution in [0.3, 0.4) is 0 Å². The fourth-order valence-corrected chi connectivity index (χ4v) is 2.43. The van der Waals surface area contributed by atoms with E-state index in [-0.39, 0.29) is 12.6 Å². The molecule has 1 aliphatic rings. The van der Waals surface area contributed by atoms with E-state index in [9.17, 15) is 9.90 Å². The first-order chi connectivity index (χ1) is 9.18. The highest BCUT2D eigenvalue weighted by Crippen LogP contribution is 2.25. The summed E-state index contributed by atoms with van der Waals surface area (Å²) in [6.07, 6.45) is 5.10. The largest absolute Gasteiger partial charge is 0.481 e. The minimum atomic E-state index is -0.838. The van der Waals surface area contributed by atoms with Crippen molar-refractivity contribution < 1.29 is 14.6 Å².